The van der Waals surface area contributed by atoms with Crippen molar-refractivity contribution in [2.75, 3.05) is 0 Å². The number of aryl methyl sites for hydroxylation is 2. The summed E-state index contributed by atoms with van der Waals surface area (Å²) in [5, 5.41) is 8.97. The summed E-state index contributed by atoms with van der Waals surface area (Å²) in [6.45, 7) is 4.14. The van der Waals surface area contributed by atoms with Crippen LogP contribution in [0, 0.1) is 6.92 Å². The van der Waals surface area contributed by atoms with E-state index in [0.29, 0.717) is 6.42 Å². The van der Waals surface area contributed by atoms with Crippen molar-refractivity contribution in [3.63, 3.8) is 0 Å². The van der Waals surface area contributed by atoms with Crippen LogP contribution < -0.4 is 0 Å². The number of carboxylic acid groups (broad SMARTS) is 1. The molecule has 0 spiro atoms. The highest BCUT2D eigenvalue weighted by Crippen LogP contribution is 2.26. The van der Waals surface area contributed by atoms with Crippen LogP contribution in [0.4, 0.5) is 0 Å². The second kappa shape index (κ2) is 7.32. The number of hydrogen-bond donors (Lipinski definition) is 1. The third-order valence-corrected chi connectivity index (χ3v) is 4.62. The van der Waals surface area contributed by atoms with Crippen molar-refractivity contribution in [3.05, 3.63) is 65.2 Å². The monoisotopic (exact) mass is 300 g/mol. The molecule has 0 aromatic heterocycles. The van der Waals surface area contributed by atoms with Gasteiger partial charge in [-0.1, -0.05) is 48.9 Å². The van der Waals surface area contributed by atoms with E-state index in [2.05, 4.69) is 19.1 Å². The van der Waals surface area contributed by atoms with Crippen LogP contribution in [0.15, 0.2) is 53.4 Å². The summed E-state index contributed by atoms with van der Waals surface area (Å²) < 4.78 is 0. The summed E-state index contributed by atoms with van der Waals surface area (Å²) in [6.07, 6.45) is 1.54. The van der Waals surface area contributed by atoms with Gasteiger partial charge in [0.2, 0.25) is 0 Å². The minimum Gasteiger partial charge on any atom is -0.480 e. The van der Waals surface area contributed by atoms with Crippen molar-refractivity contribution in [2.45, 2.75) is 36.8 Å². The van der Waals surface area contributed by atoms with Gasteiger partial charge in [-0.05, 0) is 43.0 Å². The van der Waals surface area contributed by atoms with Crippen LogP contribution in [0.1, 0.15) is 23.6 Å². The number of carboxylic acids is 1. The third kappa shape index (κ3) is 4.64. The Bertz CT molecular complexity index is 588. The van der Waals surface area contributed by atoms with Crippen molar-refractivity contribution < 1.29 is 9.90 Å². The van der Waals surface area contributed by atoms with Gasteiger partial charge in [-0.3, -0.25) is 4.79 Å². The molecule has 0 saturated heterocycles. The van der Waals surface area contributed by atoms with Crippen molar-refractivity contribution in [2.24, 2.45) is 0 Å². The number of aliphatic carboxylic acids is 1. The van der Waals surface area contributed by atoms with E-state index < -0.39 is 11.2 Å². The average molecular weight is 300 g/mol. The predicted molar refractivity (Wildman–Crippen MR) is 88.0 cm³/mol. The van der Waals surface area contributed by atoms with Crippen LogP contribution in [-0.4, -0.2) is 16.3 Å². The first-order chi connectivity index (χ1) is 10.1. The maximum atomic E-state index is 11.5. The van der Waals surface area contributed by atoms with E-state index in [0.717, 1.165) is 16.9 Å². The predicted octanol–water partition coefficient (Wildman–Crippen LogP) is 4.35. The van der Waals surface area contributed by atoms with E-state index in [1.807, 2.05) is 43.3 Å². The van der Waals surface area contributed by atoms with E-state index in [-0.39, 0.29) is 0 Å². The van der Waals surface area contributed by atoms with Gasteiger partial charge in [-0.25, -0.2) is 0 Å². The first-order valence-electron chi connectivity index (χ1n) is 7.12. The van der Waals surface area contributed by atoms with Gasteiger partial charge < -0.3 is 5.11 Å². The number of hydrogen-bond acceptors (Lipinski definition) is 2. The van der Waals surface area contributed by atoms with E-state index in [1.165, 1.54) is 22.9 Å². The fourth-order valence-electron chi connectivity index (χ4n) is 2.09. The molecule has 1 atom stereocenters. The van der Waals surface area contributed by atoms with Crippen molar-refractivity contribution in [1.82, 2.24) is 0 Å². The molecule has 2 aromatic carbocycles. The fourth-order valence-corrected chi connectivity index (χ4v) is 3.08. The van der Waals surface area contributed by atoms with E-state index in [1.54, 1.807) is 0 Å². The average Bonchev–Trinajstić information content (AvgIpc) is 2.49. The molecule has 21 heavy (non-hydrogen) atoms. The molecule has 0 saturated carbocycles. The molecule has 0 aliphatic rings. The van der Waals surface area contributed by atoms with Crippen LogP contribution >= 0.6 is 11.8 Å². The van der Waals surface area contributed by atoms with Gasteiger partial charge in [0, 0.05) is 4.90 Å². The minimum atomic E-state index is -0.764. The lowest BCUT2D eigenvalue weighted by Gasteiger charge is -2.12. The highest BCUT2D eigenvalue weighted by molar-refractivity contribution is 8.00. The standard InChI is InChI=1S/C18H20O2S/c1-3-14-6-8-15(9-7-14)12-17(18(19)20)21-16-10-4-13(2)5-11-16/h4-11,17H,3,12H2,1-2H3,(H,19,20). The largest absolute Gasteiger partial charge is 0.480 e. The van der Waals surface area contributed by atoms with E-state index >= 15 is 0 Å². The Kier molecular flexibility index (Phi) is 5.45. The SMILES string of the molecule is CCc1ccc(CC(Sc2ccc(C)cc2)C(=O)O)cc1. The van der Waals surface area contributed by atoms with Crippen LogP contribution in [0.5, 0.6) is 0 Å². The van der Waals surface area contributed by atoms with Gasteiger partial charge >= 0.3 is 5.97 Å². The molecule has 0 amide bonds. The second-order valence-electron chi connectivity index (χ2n) is 5.13. The molecule has 1 N–H and O–H groups in total. The second-order valence-corrected chi connectivity index (χ2v) is 6.41. The first kappa shape index (κ1) is 15.6. The zero-order valence-corrected chi connectivity index (χ0v) is 13.2. The Labute approximate surface area is 130 Å². The van der Waals surface area contributed by atoms with Gasteiger partial charge in [0.25, 0.3) is 0 Å². The molecule has 0 bridgehead atoms. The molecule has 0 fully saturated rings. The Morgan fingerprint density at radius 3 is 2.14 bits per heavy atom. The van der Waals surface area contributed by atoms with Crippen molar-refractivity contribution >= 4 is 17.7 Å². The van der Waals surface area contributed by atoms with Crippen LogP contribution in [-0.2, 0) is 17.6 Å². The molecule has 2 nitrogen and oxygen atoms in total. The third-order valence-electron chi connectivity index (χ3n) is 3.43. The molecule has 0 aliphatic carbocycles. The molecule has 0 radical (unpaired) electrons. The van der Waals surface area contributed by atoms with Crippen LogP contribution in [0.25, 0.3) is 0 Å². The van der Waals surface area contributed by atoms with E-state index in [4.69, 9.17) is 0 Å². The number of thioether (sulfide) groups is 1. The maximum absolute atomic E-state index is 11.5. The molecule has 2 aromatic rings. The number of rotatable bonds is 6. The van der Waals surface area contributed by atoms with Crippen LogP contribution in [0.2, 0.25) is 0 Å². The topological polar surface area (TPSA) is 37.3 Å². The molecular formula is C18H20O2S. The molecule has 110 valence electrons. The maximum Gasteiger partial charge on any atom is 0.317 e. The molecule has 0 aliphatic heterocycles. The lowest BCUT2D eigenvalue weighted by atomic mass is 10.1. The Hall–Kier alpha value is -1.74. The summed E-state index contributed by atoms with van der Waals surface area (Å²) in [5.41, 5.74) is 3.53. The molecule has 3 heteroatoms. The Balaban J connectivity index is 2.07. The summed E-state index contributed by atoms with van der Waals surface area (Å²) in [5.74, 6) is -0.764. The minimum absolute atomic E-state index is 0.458. The normalized spacial score (nSPS) is 12.1. The zero-order valence-electron chi connectivity index (χ0n) is 12.4. The van der Waals surface area contributed by atoms with E-state index in [9.17, 15) is 9.90 Å². The van der Waals surface area contributed by atoms with Gasteiger partial charge in [0.1, 0.15) is 5.25 Å². The van der Waals surface area contributed by atoms with Gasteiger partial charge in [0.15, 0.2) is 0 Å². The van der Waals surface area contributed by atoms with Crippen LogP contribution in [0.3, 0.4) is 0 Å². The highest BCUT2D eigenvalue weighted by Gasteiger charge is 2.19. The van der Waals surface area contributed by atoms with Gasteiger partial charge in [-0.2, -0.15) is 0 Å². The van der Waals surface area contributed by atoms with Crippen molar-refractivity contribution in [1.29, 1.82) is 0 Å². The van der Waals surface area contributed by atoms with Gasteiger partial charge in [-0.15, -0.1) is 11.8 Å². The Morgan fingerprint density at radius 1 is 1.05 bits per heavy atom. The first-order valence-corrected chi connectivity index (χ1v) is 8.00. The molecule has 1 unspecified atom stereocenters. The smallest absolute Gasteiger partial charge is 0.317 e. The van der Waals surface area contributed by atoms with Crippen molar-refractivity contribution in [3.8, 4) is 0 Å². The van der Waals surface area contributed by atoms with Gasteiger partial charge in [0.05, 0.1) is 0 Å². The highest BCUT2D eigenvalue weighted by atomic mass is 32.2. The quantitative estimate of drug-likeness (QED) is 0.806. The molecular weight excluding hydrogens is 280 g/mol. The Morgan fingerprint density at radius 2 is 1.62 bits per heavy atom. The summed E-state index contributed by atoms with van der Waals surface area (Å²) in [4.78, 5) is 12.5. The molecule has 2 rings (SSSR count). The fraction of sp³-hybridized carbons (Fsp3) is 0.278. The summed E-state index contributed by atoms with van der Waals surface area (Å²) >= 11 is 1.41. The zero-order chi connectivity index (χ0) is 15.2. The lowest BCUT2D eigenvalue weighted by molar-refractivity contribution is -0.136. The summed E-state index contributed by atoms with van der Waals surface area (Å²) in [7, 11) is 0. The number of benzene rings is 2. The number of carbonyl (C=O) groups is 1. The lowest BCUT2D eigenvalue weighted by Crippen LogP contribution is -2.19. The summed E-state index contributed by atoms with van der Waals surface area (Å²) in [6, 6.07) is 16.2. The molecule has 0 heterocycles.